The third kappa shape index (κ3) is 8.93. The SMILES string of the molecule is CCC(C)(C)c1ccc(OCCC(Cl)C(=O)Nc2cccc(C(=O)CC(=O)Nc3ccccc3)c2)c(C(C)(C)CC)c1. The van der Waals surface area contributed by atoms with Crippen molar-refractivity contribution in [1.82, 2.24) is 0 Å². The Labute approximate surface area is 255 Å². The van der Waals surface area contributed by atoms with Crippen molar-refractivity contribution in [1.29, 1.82) is 0 Å². The molecule has 3 aromatic rings. The molecule has 0 heterocycles. The molecule has 2 N–H and O–H groups in total. The van der Waals surface area contributed by atoms with Crippen LogP contribution in [0.25, 0.3) is 0 Å². The summed E-state index contributed by atoms with van der Waals surface area (Å²) in [5.41, 5.74) is 3.80. The molecule has 0 aliphatic rings. The van der Waals surface area contributed by atoms with E-state index in [1.807, 2.05) is 12.1 Å². The van der Waals surface area contributed by atoms with Gasteiger partial charge in [0.25, 0.3) is 0 Å². The summed E-state index contributed by atoms with van der Waals surface area (Å²) in [7, 11) is 0. The van der Waals surface area contributed by atoms with Crippen LogP contribution in [-0.2, 0) is 20.4 Å². The van der Waals surface area contributed by atoms with Gasteiger partial charge in [0.1, 0.15) is 11.1 Å². The van der Waals surface area contributed by atoms with Crippen LogP contribution in [0.15, 0.2) is 72.8 Å². The molecule has 0 radical (unpaired) electrons. The van der Waals surface area contributed by atoms with Crippen LogP contribution >= 0.6 is 11.6 Å². The van der Waals surface area contributed by atoms with Gasteiger partial charge in [0.2, 0.25) is 11.8 Å². The zero-order chi connectivity index (χ0) is 30.9. The summed E-state index contributed by atoms with van der Waals surface area (Å²) in [4.78, 5) is 37.8. The summed E-state index contributed by atoms with van der Waals surface area (Å²) in [5.74, 6) is -0.338. The van der Waals surface area contributed by atoms with E-state index in [4.69, 9.17) is 16.3 Å². The highest BCUT2D eigenvalue weighted by Gasteiger charge is 2.27. The molecule has 1 unspecified atom stereocenters. The summed E-state index contributed by atoms with van der Waals surface area (Å²) in [6, 6.07) is 21.9. The first-order valence-electron chi connectivity index (χ1n) is 14.6. The molecule has 0 saturated heterocycles. The number of carbonyl (C=O) groups excluding carboxylic acids is 3. The van der Waals surface area contributed by atoms with Gasteiger partial charge in [0.05, 0.1) is 13.0 Å². The third-order valence-corrected chi connectivity index (χ3v) is 8.42. The van der Waals surface area contributed by atoms with Gasteiger partial charge in [0.15, 0.2) is 5.78 Å². The zero-order valence-electron chi connectivity index (χ0n) is 25.6. The van der Waals surface area contributed by atoms with Gasteiger partial charge in [-0.1, -0.05) is 84.0 Å². The van der Waals surface area contributed by atoms with E-state index in [-0.39, 0.29) is 35.5 Å². The van der Waals surface area contributed by atoms with Gasteiger partial charge in [-0.15, -0.1) is 11.6 Å². The predicted octanol–water partition coefficient (Wildman–Crippen LogP) is 8.29. The van der Waals surface area contributed by atoms with Gasteiger partial charge in [-0.2, -0.15) is 0 Å². The number of ether oxygens (including phenoxy) is 1. The maximum Gasteiger partial charge on any atom is 0.242 e. The quantitative estimate of drug-likeness (QED) is 0.112. The van der Waals surface area contributed by atoms with E-state index in [2.05, 4.69) is 64.3 Å². The average molecular weight is 591 g/mol. The Morgan fingerprint density at radius 2 is 1.48 bits per heavy atom. The molecule has 0 fully saturated rings. The molecule has 0 aliphatic carbocycles. The largest absolute Gasteiger partial charge is 0.493 e. The maximum atomic E-state index is 12.8. The van der Waals surface area contributed by atoms with Crippen molar-refractivity contribution >= 4 is 40.6 Å². The minimum absolute atomic E-state index is 0.0624. The maximum absolute atomic E-state index is 12.8. The number of halogens is 1. The Morgan fingerprint density at radius 1 is 0.810 bits per heavy atom. The highest BCUT2D eigenvalue weighted by molar-refractivity contribution is 6.32. The van der Waals surface area contributed by atoms with Crippen molar-refractivity contribution in [2.75, 3.05) is 17.2 Å². The van der Waals surface area contributed by atoms with E-state index >= 15 is 0 Å². The monoisotopic (exact) mass is 590 g/mol. The third-order valence-electron chi connectivity index (χ3n) is 8.00. The second-order valence-corrected chi connectivity index (χ2v) is 12.4. The molecule has 0 aromatic heterocycles. The van der Waals surface area contributed by atoms with E-state index in [9.17, 15) is 14.4 Å². The normalized spacial score (nSPS) is 12.4. The van der Waals surface area contributed by atoms with Crippen LogP contribution in [0.5, 0.6) is 5.75 Å². The highest BCUT2D eigenvalue weighted by Crippen LogP contribution is 2.38. The predicted molar refractivity (Wildman–Crippen MR) is 172 cm³/mol. The lowest BCUT2D eigenvalue weighted by molar-refractivity contribution is -0.116. The molecule has 0 bridgehead atoms. The van der Waals surface area contributed by atoms with Crippen LogP contribution in [0.1, 0.15) is 88.7 Å². The molecule has 2 amide bonds. The Balaban J connectivity index is 1.58. The van der Waals surface area contributed by atoms with Gasteiger partial charge in [-0.05, 0) is 59.6 Å². The van der Waals surface area contributed by atoms with E-state index in [0.717, 1.165) is 24.2 Å². The number of hydrogen-bond acceptors (Lipinski definition) is 4. The first-order valence-corrected chi connectivity index (χ1v) is 15.0. The zero-order valence-corrected chi connectivity index (χ0v) is 26.3. The number of benzene rings is 3. The molecule has 3 rings (SSSR count). The molecule has 3 aromatic carbocycles. The van der Waals surface area contributed by atoms with E-state index in [1.165, 1.54) is 5.56 Å². The van der Waals surface area contributed by atoms with Crippen molar-refractivity contribution < 1.29 is 19.1 Å². The van der Waals surface area contributed by atoms with Crippen molar-refractivity contribution in [2.24, 2.45) is 0 Å². The number of nitrogens with one attached hydrogen (secondary N) is 2. The number of hydrogen-bond donors (Lipinski definition) is 2. The van der Waals surface area contributed by atoms with Gasteiger partial charge >= 0.3 is 0 Å². The van der Waals surface area contributed by atoms with E-state index in [1.54, 1.807) is 48.5 Å². The summed E-state index contributed by atoms with van der Waals surface area (Å²) in [5, 5.41) is 4.65. The molecule has 224 valence electrons. The van der Waals surface area contributed by atoms with Gasteiger partial charge in [-0.3, -0.25) is 14.4 Å². The fourth-order valence-corrected chi connectivity index (χ4v) is 4.51. The standard InChI is InChI=1S/C35H43ClN2O4/c1-7-34(3,4)25-17-18-31(28(22-25)35(5,6)8-2)42-20-19-29(36)33(41)38-27-16-12-13-24(21-27)30(39)23-32(40)37-26-14-10-9-11-15-26/h9-18,21-22,29H,7-8,19-20,23H2,1-6H3,(H,37,40)(H,38,41). The van der Waals surface area contributed by atoms with E-state index in [0.29, 0.717) is 23.4 Å². The fraction of sp³-hybridized carbons (Fsp3) is 0.400. The van der Waals surface area contributed by atoms with Crippen molar-refractivity contribution in [3.05, 3.63) is 89.5 Å². The summed E-state index contributed by atoms with van der Waals surface area (Å²) < 4.78 is 6.18. The molecular formula is C35H43ClN2O4. The molecule has 6 nitrogen and oxygen atoms in total. The van der Waals surface area contributed by atoms with Gasteiger partial charge in [0, 0.05) is 28.9 Å². The Hall–Kier alpha value is -3.64. The van der Waals surface area contributed by atoms with Gasteiger partial charge in [-0.25, -0.2) is 0 Å². The first kappa shape index (κ1) is 32.9. The Morgan fingerprint density at radius 3 is 2.14 bits per heavy atom. The Kier molecular flexibility index (Phi) is 11.3. The molecular weight excluding hydrogens is 548 g/mol. The van der Waals surface area contributed by atoms with Crippen LogP contribution in [0, 0.1) is 0 Å². The average Bonchev–Trinajstić information content (AvgIpc) is 2.97. The van der Waals surface area contributed by atoms with Crippen LogP contribution < -0.4 is 15.4 Å². The number of para-hydroxylation sites is 1. The van der Waals surface area contributed by atoms with Crippen LogP contribution in [0.2, 0.25) is 0 Å². The number of anilines is 2. The Bertz CT molecular complexity index is 1380. The fourth-order valence-electron chi connectivity index (χ4n) is 4.37. The minimum atomic E-state index is -0.832. The summed E-state index contributed by atoms with van der Waals surface area (Å²) >= 11 is 6.44. The van der Waals surface area contributed by atoms with E-state index < -0.39 is 11.3 Å². The molecule has 0 spiro atoms. The number of Topliss-reactive ketones (excluding diaryl/α,β-unsaturated/α-hetero) is 1. The van der Waals surface area contributed by atoms with Crippen LogP contribution in [-0.4, -0.2) is 29.6 Å². The number of rotatable bonds is 14. The lowest BCUT2D eigenvalue weighted by atomic mass is 9.76. The molecule has 42 heavy (non-hydrogen) atoms. The van der Waals surface area contributed by atoms with Gasteiger partial charge < -0.3 is 15.4 Å². The van der Waals surface area contributed by atoms with Crippen molar-refractivity contribution in [3.63, 3.8) is 0 Å². The summed E-state index contributed by atoms with van der Waals surface area (Å²) in [6.07, 6.45) is 1.98. The molecule has 1 atom stereocenters. The smallest absolute Gasteiger partial charge is 0.242 e. The molecule has 0 saturated carbocycles. The van der Waals surface area contributed by atoms with Crippen LogP contribution in [0.4, 0.5) is 11.4 Å². The van der Waals surface area contributed by atoms with Crippen molar-refractivity contribution in [2.45, 2.75) is 83.4 Å². The number of amides is 2. The van der Waals surface area contributed by atoms with Crippen molar-refractivity contribution in [3.8, 4) is 5.75 Å². The summed E-state index contributed by atoms with van der Waals surface area (Å²) in [6.45, 7) is 13.6. The second kappa shape index (κ2) is 14.5. The minimum Gasteiger partial charge on any atom is -0.493 e. The second-order valence-electron chi connectivity index (χ2n) is 11.9. The number of carbonyl (C=O) groups is 3. The first-order chi connectivity index (χ1) is 19.9. The number of ketones is 1. The lowest BCUT2D eigenvalue weighted by Crippen LogP contribution is -2.26. The lowest BCUT2D eigenvalue weighted by Gasteiger charge is -2.30. The highest BCUT2D eigenvalue weighted by atomic mass is 35.5. The number of alkyl halides is 1. The topological polar surface area (TPSA) is 84.5 Å². The van der Waals surface area contributed by atoms with Crippen LogP contribution in [0.3, 0.4) is 0 Å². The molecule has 7 heteroatoms. The molecule has 0 aliphatic heterocycles.